The molecule has 1 aromatic carbocycles. The number of para-hydroxylation sites is 1. The molecule has 2 aromatic rings. The highest BCUT2D eigenvalue weighted by Gasteiger charge is 2.30. The summed E-state index contributed by atoms with van der Waals surface area (Å²) >= 11 is 0. The number of rotatable bonds is 6. The molecule has 0 unspecified atom stereocenters. The van der Waals surface area contributed by atoms with E-state index in [1.807, 2.05) is 13.1 Å². The minimum absolute atomic E-state index is 0.670. The average molecular weight is 256 g/mol. The zero-order valence-electron chi connectivity index (χ0n) is 11.3. The number of hydrogen-bond donors (Lipinski definition) is 1. The van der Waals surface area contributed by atoms with Crippen molar-refractivity contribution in [2.45, 2.75) is 32.0 Å². The van der Waals surface area contributed by atoms with Crippen LogP contribution in [-0.2, 0) is 13.1 Å². The largest absolute Gasteiger partial charge is 0.467 e. The van der Waals surface area contributed by atoms with Crippen molar-refractivity contribution >= 4 is 5.69 Å². The van der Waals surface area contributed by atoms with Gasteiger partial charge >= 0.3 is 0 Å². The molecule has 1 aliphatic carbocycles. The molecule has 100 valence electrons. The number of benzene rings is 1. The molecule has 19 heavy (non-hydrogen) atoms. The van der Waals surface area contributed by atoms with Gasteiger partial charge in [-0.2, -0.15) is 0 Å². The molecule has 1 aromatic heterocycles. The predicted molar refractivity (Wildman–Crippen MR) is 77.1 cm³/mol. The predicted octanol–water partition coefficient (Wildman–Crippen LogP) is 3.17. The van der Waals surface area contributed by atoms with Crippen LogP contribution in [0.15, 0.2) is 47.1 Å². The summed E-state index contributed by atoms with van der Waals surface area (Å²) in [5.41, 5.74) is 2.68. The van der Waals surface area contributed by atoms with E-state index in [-0.39, 0.29) is 0 Å². The molecular formula is C16H20N2O. The smallest absolute Gasteiger partial charge is 0.123 e. The first-order chi connectivity index (χ1) is 9.38. The van der Waals surface area contributed by atoms with E-state index in [0.29, 0.717) is 6.04 Å². The number of nitrogens with one attached hydrogen (secondary N) is 1. The number of nitrogens with zero attached hydrogens (tertiary/aromatic N) is 1. The first-order valence-electron chi connectivity index (χ1n) is 6.90. The molecule has 0 atom stereocenters. The molecule has 3 rings (SSSR count). The molecule has 1 fully saturated rings. The van der Waals surface area contributed by atoms with Crippen LogP contribution in [0, 0.1) is 0 Å². The highest BCUT2D eigenvalue weighted by Crippen LogP contribution is 2.35. The van der Waals surface area contributed by atoms with Crippen molar-refractivity contribution in [3.8, 4) is 0 Å². The summed E-state index contributed by atoms with van der Waals surface area (Å²) in [6.45, 7) is 1.76. The fourth-order valence-corrected chi connectivity index (χ4v) is 2.50. The number of furan rings is 1. The highest BCUT2D eigenvalue weighted by molar-refractivity contribution is 5.55. The third-order valence-electron chi connectivity index (χ3n) is 3.56. The van der Waals surface area contributed by atoms with E-state index in [1.165, 1.54) is 24.1 Å². The van der Waals surface area contributed by atoms with Gasteiger partial charge in [0.25, 0.3) is 0 Å². The monoisotopic (exact) mass is 256 g/mol. The van der Waals surface area contributed by atoms with E-state index in [1.54, 1.807) is 6.26 Å². The maximum Gasteiger partial charge on any atom is 0.123 e. The van der Waals surface area contributed by atoms with Gasteiger partial charge in [-0.1, -0.05) is 18.2 Å². The van der Waals surface area contributed by atoms with Gasteiger partial charge in [-0.25, -0.2) is 0 Å². The van der Waals surface area contributed by atoms with Crippen LogP contribution < -0.4 is 10.2 Å². The van der Waals surface area contributed by atoms with Gasteiger partial charge in [-0.15, -0.1) is 0 Å². The normalized spacial score (nSPS) is 14.6. The summed E-state index contributed by atoms with van der Waals surface area (Å²) in [5, 5.41) is 3.25. The molecule has 1 saturated carbocycles. The summed E-state index contributed by atoms with van der Waals surface area (Å²) < 4.78 is 5.51. The molecule has 1 aliphatic rings. The Labute approximate surface area is 114 Å². The van der Waals surface area contributed by atoms with Gasteiger partial charge in [0.15, 0.2) is 0 Å². The minimum atomic E-state index is 0.670. The molecule has 1 heterocycles. The lowest BCUT2D eigenvalue weighted by Crippen LogP contribution is -2.26. The Morgan fingerprint density at radius 2 is 2.05 bits per heavy atom. The Morgan fingerprint density at radius 3 is 2.74 bits per heavy atom. The molecule has 0 radical (unpaired) electrons. The maximum atomic E-state index is 5.51. The second kappa shape index (κ2) is 5.49. The van der Waals surface area contributed by atoms with Crippen molar-refractivity contribution in [1.82, 2.24) is 5.32 Å². The Balaban J connectivity index is 1.87. The van der Waals surface area contributed by atoms with Gasteiger partial charge in [-0.3, -0.25) is 0 Å². The van der Waals surface area contributed by atoms with E-state index in [9.17, 15) is 0 Å². The number of hydrogen-bond acceptors (Lipinski definition) is 3. The Bertz CT molecular complexity index is 517. The van der Waals surface area contributed by atoms with E-state index in [2.05, 4.69) is 40.5 Å². The van der Waals surface area contributed by atoms with E-state index < -0.39 is 0 Å². The quantitative estimate of drug-likeness (QED) is 0.860. The lowest BCUT2D eigenvalue weighted by atomic mass is 10.1. The van der Waals surface area contributed by atoms with Crippen LogP contribution in [0.2, 0.25) is 0 Å². The minimum Gasteiger partial charge on any atom is -0.467 e. The standard InChI is InChI=1S/C16H20N2O/c1-17-11-13-5-2-3-7-16(13)18(14-8-9-14)12-15-6-4-10-19-15/h2-7,10,14,17H,8-9,11-12H2,1H3. The van der Waals surface area contributed by atoms with Gasteiger partial charge < -0.3 is 14.6 Å². The first kappa shape index (κ1) is 12.3. The van der Waals surface area contributed by atoms with Crippen molar-refractivity contribution < 1.29 is 4.42 Å². The Hall–Kier alpha value is -1.74. The molecule has 0 aliphatic heterocycles. The molecule has 0 bridgehead atoms. The van der Waals surface area contributed by atoms with Crippen LogP contribution in [0.5, 0.6) is 0 Å². The Kier molecular flexibility index (Phi) is 3.56. The molecule has 0 amide bonds. The second-order valence-corrected chi connectivity index (χ2v) is 5.10. The maximum absolute atomic E-state index is 5.51. The molecule has 0 saturated heterocycles. The van der Waals surface area contributed by atoms with Crippen molar-refractivity contribution in [2.75, 3.05) is 11.9 Å². The Morgan fingerprint density at radius 1 is 1.21 bits per heavy atom. The third-order valence-corrected chi connectivity index (χ3v) is 3.56. The van der Waals surface area contributed by atoms with Crippen LogP contribution in [0.1, 0.15) is 24.2 Å². The van der Waals surface area contributed by atoms with Crippen molar-refractivity contribution in [3.63, 3.8) is 0 Å². The van der Waals surface area contributed by atoms with Gasteiger partial charge in [0, 0.05) is 18.3 Å². The van der Waals surface area contributed by atoms with Crippen LogP contribution in [0.25, 0.3) is 0 Å². The van der Waals surface area contributed by atoms with Gasteiger partial charge in [-0.05, 0) is 43.7 Å². The van der Waals surface area contributed by atoms with Gasteiger partial charge in [0.2, 0.25) is 0 Å². The summed E-state index contributed by atoms with van der Waals surface area (Å²) in [5.74, 6) is 1.03. The fourth-order valence-electron chi connectivity index (χ4n) is 2.50. The SMILES string of the molecule is CNCc1ccccc1N(Cc1ccco1)C1CC1. The molecular weight excluding hydrogens is 236 g/mol. The summed E-state index contributed by atoms with van der Waals surface area (Å²) in [7, 11) is 1.99. The van der Waals surface area contributed by atoms with Crippen LogP contribution in [0.3, 0.4) is 0 Å². The molecule has 1 N–H and O–H groups in total. The fraction of sp³-hybridized carbons (Fsp3) is 0.375. The first-order valence-corrected chi connectivity index (χ1v) is 6.90. The highest BCUT2D eigenvalue weighted by atomic mass is 16.3. The number of anilines is 1. The van der Waals surface area contributed by atoms with E-state index in [0.717, 1.165) is 18.8 Å². The second-order valence-electron chi connectivity index (χ2n) is 5.10. The van der Waals surface area contributed by atoms with Crippen LogP contribution in [-0.4, -0.2) is 13.1 Å². The summed E-state index contributed by atoms with van der Waals surface area (Å²) in [6, 6.07) is 13.3. The third kappa shape index (κ3) is 2.82. The molecule has 0 spiro atoms. The van der Waals surface area contributed by atoms with Crippen LogP contribution in [0.4, 0.5) is 5.69 Å². The van der Waals surface area contributed by atoms with Crippen molar-refractivity contribution in [1.29, 1.82) is 0 Å². The summed E-state index contributed by atoms with van der Waals surface area (Å²) in [6.07, 6.45) is 4.32. The van der Waals surface area contributed by atoms with Crippen LogP contribution >= 0.6 is 0 Å². The van der Waals surface area contributed by atoms with Crippen molar-refractivity contribution in [3.05, 3.63) is 54.0 Å². The zero-order valence-corrected chi connectivity index (χ0v) is 11.3. The summed E-state index contributed by atoms with van der Waals surface area (Å²) in [4.78, 5) is 2.48. The van der Waals surface area contributed by atoms with Gasteiger partial charge in [0.05, 0.1) is 12.8 Å². The topological polar surface area (TPSA) is 28.4 Å². The zero-order chi connectivity index (χ0) is 13.1. The van der Waals surface area contributed by atoms with E-state index in [4.69, 9.17) is 4.42 Å². The lowest BCUT2D eigenvalue weighted by Gasteiger charge is -2.26. The molecule has 3 heteroatoms. The van der Waals surface area contributed by atoms with E-state index >= 15 is 0 Å². The average Bonchev–Trinajstić information content (AvgIpc) is 3.15. The molecule has 3 nitrogen and oxygen atoms in total. The van der Waals surface area contributed by atoms with Gasteiger partial charge in [0.1, 0.15) is 5.76 Å². The van der Waals surface area contributed by atoms with Crippen molar-refractivity contribution in [2.24, 2.45) is 0 Å². The lowest BCUT2D eigenvalue weighted by molar-refractivity contribution is 0.501.